The van der Waals surface area contributed by atoms with Crippen molar-refractivity contribution < 1.29 is 14.6 Å². The molecule has 3 aliphatic rings. The van der Waals surface area contributed by atoms with Gasteiger partial charge in [0.25, 0.3) is 0 Å². The van der Waals surface area contributed by atoms with Gasteiger partial charge in [-0.15, -0.1) is 0 Å². The van der Waals surface area contributed by atoms with Gasteiger partial charge in [-0.05, 0) is 59.2 Å². The summed E-state index contributed by atoms with van der Waals surface area (Å²) in [6, 6.07) is 30.7. The Bertz CT molecular complexity index is 1440. The second-order valence-corrected chi connectivity index (χ2v) is 11.2. The van der Waals surface area contributed by atoms with Gasteiger partial charge in [-0.3, -0.25) is 4.98 Å². The number of benzene rings is 3. The molecule has 0 spiro atoms. The summed E-state index contributed by atoms with van der Waals surface area (Å²) in [5, 5.41) is 11.8. The molecule has 5 nitrogen and oxygen atoms in total. The van der Waals surface area contributed by atoms with E-state index in [1.54, 1.807) is 6.20 Å². The van der Waals surface area contributed by atoms with Gasteiger partial charge in [0, 0.05) is 42.6 Å². The zero-order valence-corrected chi connectivity index (χ0v) is 21.9. The molecular weight excluding hydrogens is 484 g/mol. The average molecular weight is 517 g/mol. The summed E-state index contributed by atoms with van der Waals surface area (Å²) < 4.78 is 6.05. The standard InChI is InChI=1S/C34H32N2O3/c37-33(39-22-31-29-12-3-1-10-27(29)28-11-2-4-13-30(28)31)36-25-8-7-9-26(36)21-34(38,20-25)24-17-15-23(16-18-24)32-14-5-6-19-35-32/h1-6,10-19,25-26,31,38H,7-9,20-22H2. The average Bonchev–Trinajstić information content (AvgIpc) is 3.29. The third kappa shape index (κ3) is 4.22. The maximum absolute atomic E-state index is 13.6. The number of aromatic nitrogens is 1. The van der Waals surface area contributed by atoms with Crippen LogP contribution in [0.5, 0.6) is 0 Å². The molecule has 1 aromatic heterocycles. The van der Waals surface area contributed by atoms with Gasteiger partial charge in [0.15, 0.2) is 0 Å². The van der Waals surface area contributed by atoms with Crippen LogP contribution in [0.3, 0.4) is 0 Å². The maximum Gasteiger partial charge on any atom is 0.410 e. The van der Waals surface area contributed by atoms with Gasteiger partial charge < -0.3 is 14.7 Å². The van der Waals surface area contributed by atoms with E-state index >= 15 is 0 Å². The summed E-state index contributed by atoms with van der Waals surface area (Å²) in [5.74, 6) is 0.0422. The molecule has 39 heavy (non-hydrogen) atoms. The van der Waals surface area contributed by atoms with Crippen LogP contribution in [0.25, 0.3) is 22.4 Å². The summed E-state index contributed by atoms with van der Waals surface area (Å²) in [6.07, 6.45) is 5.42. The first kappa shape index (κ1) is 24.1. The lowest BCUT2D eigenvalue weighted by Crippen LogP contribution is -2.59. The SMILES string of the molecule is O=C(OCC1c2ccccc2-c2ccccc21)N1C2CCCC1CC(O)(c1ccc(-c3ccccn3)cc1)C2. The number of ether oxygens (including phenoxy) is 1. The lowest BCUT2D eigenvalue weighted by molar-refractivity contribution is -0.0890. The highest BCUT2D eigenvalue weighted by Crippen LogP contribution is 2.46. The third-order valence-corrected chi connectivity index (χ3v) is 8.94. The number of piperidine rings is 2. The van der Waals surface area contributed by atoms with Crippen LogP contribution in [0.4, 0.5) is 4.79 Å². The molecule has 2 aliphatic heterocycles. The molecule has 2 saturated heterocycles. The van der Waals surface area contributed by atoms with Crippen LogP contribution in [-0.4, -0.2) is 39.8 Å². The molecule has 1 amide bonds. The Hall–Kier alpha value is -3.96. The first-order valence-electron chi connectivity index (χ1n) is 14.0. The fourth-order valence-electron chi connectivity index (χ4n) is 7.12. The summed E-state index contributed by atoms with van der Waals surface area (Å²) in [7, 11) is 0. The van der Waals surface area contributed by atoms with E-state index in [9.17, 15) is 9.90 Å². The molecule has 3 aromatic carbocycles. The van der Waals surface area contributed by atoms with Crippen molar-refractivity contribution in [1.29, 1.82) is 0 Å². The molecule has 4 aromatic rings. The van der Waals surface area contributed by atoms with E-state index in [1.807, 2.05) is 47.4 Å². The second kappa shape index (κ2) is 9.65. The Kier molecular flexibility index (Phi) is 5.97. The van der Waals surface area contributed by atoms with Crippen molar-refractivity contribution in [3.8, 4) is 22.4 Å². The third-order valence-electron chi connectivity index (χ3n) is 8.94. The lowest BCUT2D eigenvalue weighted by Gasteiger charge is -2.51. The molecule has 2 bridgehead atoms. The Morgan fingerprint density at radius 2 is 1.46 bits per heavy atom. The van der Waals surface area contributed by atoms with Crippen molar-refractivity contribution in [2.24, 2.45) is 0 Å². The fourth-order valence-corrected chi connectivity index (χ4v) is 7.12. The van der Waals surface area contributed by atoms with Gasteiger partial charge in [-0.2, -0.15) is 0 Å². The van der Waals surface area contributed by atoms with E-state index < -0.39 is 5.60 Å². The molecule has 3 heterocycles. The number of fused-ring (bicyclic) bond motifs is 5. The lowest BCUT2D eigenvalue weighted by atomic mass is 9.72. The predicted octanol–water partition coefficient (Wildman–Crippen LogP) is 6.90. The number of carbonyl (C=O) groups is 1. The van der Waals surface area contributed by atoms with Crippen LogP contribution in [0.2, 0.25) is 0 Å². The van der Waals surface area contributed by atoms with Crippen molar-refractivity contribution in [2.75, 3.05) is 6.61 Å². The van der Waals surface area contributed by atoms with Crippen molar-refractivity contribution in [3.05, 3.63) is 114 Å². The maximum atomic E-state index is 13.6. The second-order valence-electron chi connectivity index (χ2n) is 11.2. The number of rotatable bonds is 4. The zero-order valence-electron chi connectivity index (χ0n) is 21.9. The van der Waals surface area contributed by atoms with Crippen LogP contribution >= 0.6 is 0 Å². The molecule has 5 heteroatoms. The number of hydrogen-bond acceptors (Lipinski definition) is 4. The van der Waals surface area contributed by atoms with Crippen molar-refractivity contribution in [3.63, 3.8) is 0 Å². The highest BCUT2D eigenvalue weighted by molar-refractivity contribution is 5.79. The van der Waals surface area contributed by atoms with E-state index in [4.69, 9.17) is 4.74 Å². The molecule has 1 N–H and O–H groups in total. The minimum Gasteiger partial charge on any atom is -0.448 e. The topological polar surface area (TPSA) is 62.7 Å². The van der Waals surface area contributed by atoms with Crippen LogP contribution in [0.1, 0.15) is 54.7 Å². The summed E-state index contributed by atoms with van der Waals surface area (Å²) in [6.45, 7) is 0.321. The number of amides is 1. The molecular formula is C34H32N2O3. The molecule has 2 unspecified atom stereocenters. The molecule has 2 atom stereocenters. The Morgan fingerprint density at radius 1 is 0.846 bits per heavy atom. The predicted molar refractivity (Wildman–Crippen MR) is 151 cm³/mol. The molecule has 1 aliphatic carbocycles. The number of pyridine rings is 1. The van der Waals surface area contributed by atoms with Gasteiger partial charge in [-0.1, -0.05) is 78.9 Å². The molecule has 7 rings (SSSR count). The largest absolute Gasteiger partial charge is 0.448 e. The Balaban J connectivity index is 1.07. The van der Waals surface area contributed by atoms with E-state index in [-0.39, 0.29) is 24.1 Å². The van der Waals surface area contributed by atoms with Gasteiger partial charge in [-0.25, -0.2) is 4.79 Å². The van der Waals surface area contributed by atoms with Crippen molar-refractivity contribution in [1.82, 2.24) is 9.88 Å². The normalized spacial score (nSPS) is 23.7. The Morgan fingerprint density at radius 3 is 2.08 bits per heavy atom. The minimum atomic E-state index is -0.960. The smallest absolute Gasteiger partial charge is 0.410 e. The summed E-state index contributed by atoms with van der Waals surface area (Å²) in [4.78, 5) is 19.9. The van der Waals surface area contributed by atoms with Gasteiger partial charge in [0.05, 0.1) is 11.3 Å². The zero-order chi connectivity index (χ0) is 26.4. The highest BCUT2D eigenvalue weighted by atomic mass is 16.6. The molecule has 2 fully saturated rings. The summed E-state index contributed by atoms with van der Waals surface area (Å²) >= 11 is 0. The number of carbonyl (C=O) groups excluding carboxylic acids is 1. The fraction of sp³-hybridized carbons (Fsp3) is 0.294. The van der Waals surface area contributed by atoms with Crippen LogP contribution < -0.4 is 0 Å². The van der Waals surface area contributed by atoms with Crippen LogP contribution in [0.15, 0.2) is 97.2 Å². The van der Waals surface area contributed by atoms with E-state index in [2.05, 4.69) is 53.5 Å². The first-order chi connectivity index (χ1) is 19.1. The quantitative estimate of drug-likeness (QED) is 0.320. The molecule has 196 valence electrons. The Labute approximate surface area is 229 Å². The van der Waals surface area contributed by atoms with Gasteiger partial charge >= 0.3 is 6.09 Å². The van der Waals surface area contributed by atoms with E-state index in [0.29, 0.717) is 19.4 Å². The van der Waals surface area contributed by atoms with Gasteiger partial charge in [0.2, 0.25) is 0 Å². The number of hydrogen-bond donors (Lipinski definition) is 1. The monoisotopic (exact) mass is 516 g/mol. The first-order valence-corrected chi connectivity index (χ1v) is 14.0. The van der Waals surface area contributed by atoms with Crippen molar-refractivity contribution >= 4 is 6.09 Å². The summed E-state index contributed by atoms with van der Waals surface area (Å²) in [5.41, 5.74) is 6.77. The van der Waals surface area contributed by atoms with E-state index in [0.717, 1.165) is 36.1 Å². The van der Waals surface area contributed by atoms with Gasteiger partial charge in [0.1, 0.15) is 6.61 Å². The molecule has 0 saturated carbocycles. The van der Waals surface area contributed by atoms with Crippen molar-refractivity contribution in [2.45, 2.75) is 55.7 Å². The number of nitrogens with zero attached hydrogens (tertiary/aromatic N) is 2. The molecule has 0 radical (unpaired) electrons. The van der Waals surface area contributed by atoms with Crippen LogP contribution in [0, 0.1) is 0 Å². The van der Waals surface area contributed by atoms with Crippen LogP contribution in [-0.2, 0) is 10.3 Å². The number of aliphatic hydroxyl groups is 1. The minimum absolute atomic E-state index is 0.0337. The highest BCUT2D eigenvalue weighted by Gasteiger charge is 2.48. The van der Waals surface area contributed by atoms with E-state index in [1.165, 1.54) is 22.3 Å².